The zero-order valence-electron chi connectivity index (χ0n) is 11.2. The summed E-state index contributed by atoms with van der Waals surface area (Å²) < 4.78 is 10.8. The van der Waals surface area contributed by atoms with Gasteiger partial charge >= 0.3 is 0 Å². The third kappa shape index (κ3) is 3.63. The van der Waals surface area contributed by atoms with Crippen LogP contribution >= 0.6 is 0 Å². The summed E-state index contributed by atoms with van der Waals surface area (Å²) in [5.74, 6) is 1.84. The van der Waals surface area contributed by atoms with Gasteiger partial charge in [-0.2, -0.15) is 0 Å². The summed E-state index contributed by atoms with van der Waals surface area (Å²) in [6, 6.07) is 4.23. The Morgan fingerprint density at radius 2 is 1.65 bits per heavy atom. The van der Waals surface area contributed by atoms with Crippen LogP contribution in [0.15, 0.2) is 12.1 Å². The lowest BCUT2D eigenvalue weighted by Crippen LogP contribution is -2.18. The molecule has 0 aliphatic rings. The van der Waals surface area contributed by atoms with Crippen LogP contribution in [0.2, 0.25) is 0 Å². The van der Waals surface area contributed by atoms with Crippen molar-refractivity contribution in [1.82, 2.24) is 0 Å². The zero-order valence-corrected chi connectivity index (χ0v) is 11.2. The van der Waals surface area contributed by atoms with Gasteiger partial charge in [-0.3, -0.25) is 0 Å². The molecule has 0 amide bonds. The fourth-order valence-electron chi connectivity index (χ4n) is 2.00. The van der Waals surface area contributed by atoms with E-state index in [0.717, 1.165) is 36.3 Å². The Bertz CT molecular complexity index is 361. The lowest BCUT2D eigenvalue weighted by Gasteiger charge is -2.15. The van der Waals surface area contributed by atoms with Crippen LogP contribution in [0.25, 0.3) is 0 Å². The van der Waals surface area contributed by atoms with E-state index in [-0.39, 0.29) is 6.04 Å². The molecule has 1 aromatic carbocycles. The highest BCUT2D eigenvalue weighted by atomic mass is 16.5. The third-order valence-electron chi connectivity index (χ3n) is 2.74. The van der Waals surface area contributed by atoms with E-state index in [1.165, 1.54) is 5.56 Å². The van der Waals surface area contributed by atoms with Gasteiger partial charge in [-0.15, -0.1) is 0 Å². The number of nitrogens with two attached hydrogens (primary N) is 1. The molecule has 0 aliphatic carbocycles. The Balaban J connectivity index is 3.12. The molecule has 17 heavy (non-hydrogen) atoms. The number of methoxy groups -OCH3 is 2. The second-order valence-corrected chi connectivity index (χ2v) is 4.41. The lowest BCUT2D eigenvalue weighted by atomic mass is 10.0. The van der Waals surface area contributed by atoms with Crippen molar-refractivity contribution in [3.8, 4) is 11.5 Å². The molecule has 96 valence electrons. The first-order valence-corrected chi connectivity index (χ1v) is 6.11. The molecule has 0 radical (unpaired) electrons. The van der Waals surface area contributed by atoms with Crippen LogP contribution in [0.1, 0.15) is 31.4 Å². The normalized spacial score (nSPS) is 12.3. The van der Waals surface area contributed by atoms with Gasteiger partial charge in [-0.1, -0.05) is 13.3 Å². The first-order chi connectivity index (χ1) is 8.12. The van der Waals surface area contributed by atoms with Gasteiger partial charge in [0, 0.05) is 6.04 Å². The van der Waals surface area contributed by atoms with Crippen LogP contribution in [0.4, 0.5) is 0 Å². The number of rotatable bonds is 6. The molecule has 0 aliphatic heterocycles. The van der Waals surface area contributed by atoms with E-state index in [1.807, 2.05) is 13.0 Å². The molecule has 3 nitrogen and oxygen atoms in total. The molecule has 0 saturated heterocycles. The highest BCUT2D eigenvalue weighted by molar-refractivity contribution is 5.47. The Labute approximate surface area is 104 Å². The summed E-state index contributed by atoms with van der Waals surface area (Å²) in [6.07, 6.45) is 2.89. The minimum atomic E-state index is 0.116. The highest BCUT2D eigenvalue weighted by Gasteiger charge is 2.11. The van der Waals surface area contributed by atoms with Gasteiger partial charge in [-0.05, 0) is 43.0 Å². The second-order valence-electron chi connectivity index (χ2n) is 4.41. The quantitative estimate of drug-likeness (QED) is 0.827. The number of hydrogen-bond donors (Lipinski definition) is 1. The highest BCUT2D eigenvalue weighted by Crippen LogP contribution is 2.30. The summed E-state index contributed by atoms with van der Waals surface area (Å²) >= 11 is 0. The van der Waals surface area contributed by atoms with Crippen molar-refractivity contribution in [2.24, 2.45) is 5.73 Å². The van der Waals surface area contributed by atoms with Crippen LogP contribution < -0.4 is 15.2 Å². The third-order valence-corrected chi connectivity index (χ3v) is 2.74. The van der Waals surface area contributed by atoms with E-state index >= 15 is 0 Å². The van der Waals surface area contributed by atoms with Gasteiger partial charge in [0.2, 0.25) is 0 Å². The minimum absolute atomic E-state index is 0.116. The molecule has 0 bridgehead atoms. The maximum Gasteiger partial charge on any atom is 0.122 e. The topological polar surface area (TPSA) is 44.5 Å². The molecular formula is C14H23NO2. The average Bonchev–Trinajstić information content (AvgIpc) is 2.30. The Morgan fingerprint density at radius 1 is 1.12 bits per heavy atom. The minimum Gasteiger partial charge on any atom is -0.496 e. The van der Waals surface area contributed by atoms with Crippen molar-refractivity contribution in [3.63, 3.8) is 0 Å². The number of ether oxygens (including phenoxy) is 2. The molecule has 0 unspecified atom stereocenters. The number of benzene rings is 1. The van der Waals surface area contributed by atoms with E-state index in [4.69, 9.17) is 15.2 Å². The second kappa shape index (κ2) is 6.50. The van der Waals surface area contributed by atoms with Crippen LogP contribution in [-0.4, -0.2) is 20.3 Å². The van der Waals surface area contributed by atoms with E-state index in [9.17, 15) is 0 Å². The van der Waals surface area contributed by atoms with Crippen molar-refractivity contribution >= 4 is 0 Å². The monoisotopic (exact) mass is 237 g/mol. The molecule has 0 aromatic heterocycles. The van der Waals surface area contributed by atoms with Crippen molar-refractivity contribution in [2.45, 2.75) is 39.2 Å². The molecule has 1 atom stereocenters. The van der Waals surface area contributed by atoms with Gasteiger partial charge in [0.25, 0.3) is 0 Å². The van der Waals surface area contributed by atoms with E-state index in [1.54, 1.807) is 14.2 Å². The van der Waals surface area contributed by atoms with E-state index in [2.05, 4.69) is 13.0 Å². The number of aryl methyl sites for hydroxylation is 1. The summed E-state index contributed by atoms with van der Waals surface area (Å²) in [5.41, 5.74) is 8.14. The predicted molar refractivity (Wildman–Crippen MR) is 70.9 cm³/mol. The molecule has 1 aromatic rings. The van der Waals surface area contributed by atoms with Crippen molar-refractivity contribution in [2.75, 3.05) is 14.2 Å². The Morgan fingerprint density at radius 3 is 2.12 bits per heavy atom. The molecule has 2 N–H and O–H groups in total. The van der Waals surface area contributed by atoms with Crippen LogP contribution in [-0.2, 0) is 12.8 Å². The first-order valence-electron chi connectivity index (χ1n) is 6.11. The first kappa shape index (κ1) is 13.8. The SMILES string of the molecule is CCCc1cc(OC)c(C[C@@H](C)N)cc1OC. The average molecular weight is 237 g/mol. The zero-order chi connectivity index (χ0) is 12.8. The summed E-state index contributed by atoms with van der Waals surface area (Å²) in [6.45, 7) is 4.15. The molecule has 3 heteroatoms. The molecule has 1 rings (SSSR count). The fraction of sp³-hybridized carbons (Fsp3) is 0.571. The predicted octanol–water partition coefficient (Wildman–Crippen LogP) is 2.55. The van der Waals surface area contributed by atoms with E-state index < -0.39 is 0 Å². The van der Waals surface area contributed by atoms with E-state index in [0.29, 0.717) is 0 Å². The van der Waals surface area contributed by atoms with Crippen molar-refractivity contribution < 1.29 is 9.47 Å². The number of hydrogen-bond acceptors (Lipinski definition) is 3. The molecule has 0 heterocycles. The van der Waals surface area contributed by atoms with Crippen LogP contribution in [0.3, 0.4) is 0 Å². The summed E-state index contributed by atoms with van der Waals surface area (Å²) in [4.78, 5) is 0. The molecular weight excluding hydrogens is 214 g/mol. The van der Waals surface area contributed by atoms with Crippen molar-refractivity contribution in [3.05, 3.63) is 23.3 Å². The largest absolute Gasteiger partial charge is 0.496 e. The maximum atomic E-state index is 5.84. The van der Waals surface area contributed by atoms with Crippen LogP contribution in [0, 0.1) is 0 Å². The van der Waals surface area contributed by atoms with Gasteiger partial charge in [0.05, 0.1) is 14.2 Å². The Hall–Kier alpha value is -1.22. The lowest BCUT2D eigenvalue weighted by molar-refractivity contribution is 0.393. The summed E-state index contributed by atoms with van der Waals surface area (Å²) in [5, 5.41) is 0. The Kier molecular flexibility index (Phi) is 5.29. The van der Waals surface area contributed by atoms with Crippen molar-refractivity contribution in [1.29, 1.82) is 0 Å². The van der Waals surface area contributed by atoms with Crippen LogP contribution in [0.5, 0.6) is 11.5 Å². The molecule has 0 fully saturated rings. The summed E-state index contributed by atoms with van der Waals surface area (Å²) in [7, 11) is 3.40. The maximum absolute atomic E-state index is 5.84. The van der Waals surface area contributed by atoms with Gasteiger partial charge in [0.1, 0.15) is 11.5 Å². The van der Waals surface area contributed by atoms with Gasteiger partial charge in [0.15, 0.2) is 0 Å². The molecule has 0 spiro atoms. The van der Waals surface area contributed by atoms with Gasteiger partial charge < -0.3 is 15.2 Å². The smallest absolute Gasteiger partial charge is 0.122 e. The fourth-order valence-corrected chi connectivity index (χ4v) is 2.00. The standard InChI is InChI=1S/C14H23NO2/c1-5-6-11-8-14(17-4)12(7-10(2)15)9-13(11)16-3/h8-10H,5-7,15H2,1-4H3/t10-/m1/s1. The van der Waals surface area contributed by atoms with Gasteiger partial charge in [-0.25, -0.2) is 0 Å². The molecule has 0 saturated carbocycles.